The van der Waals surface area contributed by atoms with Crippen molar-refractivity contribution in [1.82, 2.24) is 4.98 Å². The minimum absolute atomic E-state index is 0.0445. The molecule has 0 aliphatic rings. The zero-order chi connectivity index (χ0) is 14.5. The first-order chi connectivity index (χ1) is 9.60. The van der Waals surface area contributed by atoms with Crippen LogP contribution < -0.4 is 4.74 Å². The topological polar surface area (TPSA) is 79.7 Å². The molecule has 2 rings (SSSR count). The Morgan fingerprint density at radius 1 is 1.30 bits per heavy atom. The smallest absolute Gasteiger partial charge is 0.341 e. The summed E-state index contributed by atoms with van der Waals surface area (Å²) in [7, 11) is 0. The summed E-state index contributed by atoms with van der Waals surface area (Å²) >= 11 is 0. The van der Waals surface area contributed by atoms with Crippen LogP contribution in [-0.4, -0.2) is 27.8 Å². The second-order valence-electron chi connectivity index (χ2n) is 4.03. The first-order valence-electron chi connectivity index (χ1n) is 5.86. The van der Waals surface area contributed by atoms with Crippen LogP contribution in [0.4, 0.5) is 4.39 Å². The number of carboxylic acid groups (broad SMARTS) is 1. The quantitative estimate of drug-likeness (QED) is 0.876. The minimum Gasteiger partial charge on any atom is -0.477 e. The summed E-state index contributed by atoms with van der Waals surface area (Å²) in [5, 5.41) is 17.8. The van der Waals surface area contributed by atoms with Gasteiger partial charge in [0, 0.05) is 6.61 Å². The zero-order valence-corrected chi connectivity index (χ0v) is 10.4. The molecule has 0 saturated carbocycles. The van der Waals surface area contributed by atoms with Crippen LogP contribution in [0.3, 0.4) is 0 Å². The highest BCUT2D eigenvalue weighted by Crippen LogP contribution is 2.24. The van der Waals surface area contributed by atoms with E-state index in [0.29, 0.717) is 12.2 Å². The first-order valence-corrected chi connectivity index (χ1v) is 5.86. The van der Waals surface area contributed by atoms with Gasteiger partial charge >= 0.3 is 5.97 Å². The van der Waals surface area contributed by atoms with Crippen LogP contribution in [0.25, 0.3) is 0 Å². The third-order valence-corrected chi connectivity index (χ3v) is 2.59. The van der Waals surface area contributed by atoms with Gasteiger partial charge in [-0.2, -0.15) is 0 Å². The van der Waals surface area contributed by atoms with Crippen molar-refractivity contribution in [2.45, 2.75) is 6.42 Å². The minimum atomic E-state index is -1.32. The molecule has 0 radical (unpaired) electrons. The maximum absolute atomic E-state index is 13.0. The van der Waals surface area contributed by atoms with Gasteiger partial charge < -0.3 is 14.9 Å². The van der Waals surface area contributed by atoms with E-state index < -0.39 is 11.8 Å². The first kappa shape index (κ1) is 14.0. The number of rotatable bonds is 5. The number of aliphatic hydroxyl groups excluding tert-OH is 1. The molecule has 0 atom stereocenters. The summed E-state index contributed by atoms with van der Waals surface area (Å²) in [6, 6.07) is 7.60. The van der Waals surface area contributed by atoms with Crippen LogP contribution in [0.15, 0.2) is 36.5 Å². The lowest BCUT2D eigenvalue weighted by atomic mass is 10.1. The summed E-state index contributed by atoms with van der Waals surface area (Å²) in [4.78, 5) is 14.6. The van der Waals surface area contributed by atoms with Crippen molar-refractivity contribution in [3.05, 3.63) is 53.5 Å². The van der Waals surface area contributed by atoms with Crippen molar-refractivity contribution in [2.24, 2.45) is 0 Å². The van der Waals surface area contributed by atoms with Crippen molar-refractivity contribution >= 4 is 5.97 Å². The number of hydrogen-bond donors (Lipinski definition) is 2. The van der Waals surface area contributed by atoms with Gasteiger partial charge in [0.05, 0.1) is 6.20 Å². The van der Waals surface area contributed by atoms with Crippen LogP contribution in [0.5, 0.6) is 11.6 Å². The number of benzene rings is 1. The van der Waals surface area contributed by atoms with Crippen molar-refractivity contribution in [3.8, 4) is 11.6 Å². The number of carboxylic acids is 1. The number of aromatic carboxylic acids is 1. The number of ether oxygens (including phenoxy) is 1. The normalized spacial score (nSPS) is 10.3. The van der Waals surface area contributed by atoms with Crippen LogP contribution in [0.1, 0.15) is 15.9 Å². The molecule has 1 heterocycles. The van der Waals surface area contributed by atoms with E-state index in [4.69, 9.17) is 14.9 Å². The largest absolute Gasteiger partial charge is 0.477 e. The van der Waals surface area contributed by atoms with Crippen LogP contribution in [0.2, 0.25) is 0 Å². The second kappa shape index (κ2) is 6.12. The fourth-order valence-corrected chi connectivity index (χ4v) is 1.63. The highest BCUT2D eigenvalue weighted by Gasteiger charge is 2.15. The molecule has 0 saturated heterocycles. The molecule has 0 bridgehead atoms. The van der Waals surface area contributed by atoms with E-state index >= 15 is 0 Å². The molecule has 2 aromatic rings. The van der Waals surface area contributed by atoms with Crippen molar-refractivity contribution in [1.29, 1.82) is 0 Å². The number of hydrogen-bond acceptors (Lipinski definition) is 4. The summed E-state index contributed by atoms with van der Waals surface area (Å²) in [5.41, 5.74) is 0.579. The van der Waals surface area contributed by atoms with Gasteiger partial charge in [-0.05, 0) is 30.2 Å². The van der Waals surface area contributed by atoms with Crippen LogP contribution >= 0.6 is 0 Å². The Kier molecular flexibility index (Phi) is 4.27. The SMILES string of the molecule is O=C(O)c1cc(F)cnc1Oc1ccc(CCO)cc1. The Morgan fingerprint density at radius 2 is 2.00 bits per heavy atom. The molecule has 5 nitrogen and oxygen atoms in total. The number of halogens is 1. The van der Waals surface area contributed by atoms with Gasteiger partial charge in [0.1, 0.15) is 17.1 Å². The fourth-order valence-electron chi connectivity index (χ4n) is 1.63. The molecule has 1 aromatic heterocycles. The van der Waals surface area contributed by atoms with E-state index in [2.05, 4.69) is 4.98 Å². The molecule has 20 heavy (non-hydrogen) atoms. The van der Waals surface area contributed by atoms with Gasteiger partial charge in [-0.1, -0.05) is 12.1 Å². The van der Waals surface area contributed by atoms with Crippen molar-refractivity contribution in [2.75, 3.05) is 6.61 Å². The summed E-state index contributed by atoms with van der Waals surface area (Å²) < 4.78 is 18.3. The van der Waals surface area contributed by atoms with Gasteiger partial charge in [0.15, 0.2) is 0 Å². The molecule has 104 valence electrons. The summed E-state index contributed by atoms with van der Waals surface area (Å²) in [5.74, 6) is -1.85. The van der Waals surface area contributed by atoms with E-state index in [9.17, 15) is 9.18 Å². The molecule has 0 aliphatic carbocycles. The third-order valence-electron chi connectivity index (χ3n) is 2.59. The standard InChI is InChI=1S/C14H12FNO4/c15-10-7-12(14(18)19)13(16-8-10)20-11-3-1-9(2-4-11)5-6-17/h1-4,7-8,17H,5-6H2,(H,18,19). The highest BCUT2D eigenvalue weighted by molar-refractivity contribution is 5.90. The Morgan fingerprint density at radius 3 is 2.60 bits per heavy atom. The van der Waals surface area contributed by atoms with Gasteiger partial charge in [-0.25, -0.2) is 14.2 Å². The Hall–Kier alpha value is -2.47. The van der Waals surface area contributed by atoms with Gasteiger partial charge in [-0.3, -0.25) is 0 Å². The average Bonchev–Trinajstić information content (AvgIpc) is 2.43. The molecule has 0 unspecified atom stereocenters. The number of aromatic nitrogens is 1. The molecule has 0 fully saturated rings. The Balaban J connectivity index is 2.23. The maximum Gasteiger partial charge on any atom is 0.341 e. The van der Waals surface area contributed by atoms with Crippen LogP contribution in [-0.2, 0) is 6.42 Å². The number of aliphatic hydroxyl groups is 1. The van der Waals surface area contributed by atoms with Crippen LogP contribution in [0, 0.1) is 5.82 Å². The lowest BCUT2D eigenvalue weighted by molar-refractivity contribution is 0.0692. The molecule has 0 amide bonds. The highest BCUT2D eigenvalue weighted by atomic mass is 19.1. The lowest BCUT2D eigenvalue weighted by Gasteiger charge is -2.08. The fraction of sp³-hybridized carbons (Fsp3) is 0.143. The monoisotopic (exact) mass is 277 g/mol. The molecule has 1 aromatic carbocycles. The maximum atomic E-state index is 13.0. The van der Waals surface area contributed by atoms with Gasteiger partial charge in [0.25, 0.3) is 0 Å². The van der Waals surface area contributed by atoms with Gasteiger partial charge in [0.2, 0.25) is 5.88 Å². The summed E-state index contributed by atoms with van der Waals surface area (Å²) in [6.07, 6.45) is 1.41. The van der Waals surface area contributed by atoms with Gasteiger partial charge in [-0.15, -0.1) is 0 Å². The predicted molar refractivity (Wildman–Crippen MR) is 68.5 cm³/mol. The Bertz CT molecular complexity index is 613. The van der Waals surface area contributed by atoms with E-state index in [1.54, 1.807) is 24.3 Å². The van der Waals surface area contributed by atoms with E-state index in [-0.39, 0.29) is 18.1 Å². The average molecular weight is 277 g/mol. The number of pyridine rings is 1. The molecule has 0 aliphatic heterocycles. The number of nitrogens with zero attached hydrogens (tertiary/aromatic N) is 1. The van der Waals surface area contributed by atoms with E-state index in [1.165, 1.54) is 0 Å². The Labute approximate surface area is 114 Å². The van der Waals surface area contributed by atoms with Crippen molar-refractivity contribution in [3.63, 3.8) is 0 Å². The lowest BCUT2D eigenvalue weighted by Crippen LogP contribution is -2.03. The molecular formula is C14H12FNO4. The molecule has 2 N–H and O–H groups in total. The summed E-state index contributed by atoms with van der Waals surface area (Å²) in [6.45, 7) is 0.0445. The van der Waals surface area contributed by atoms with E-state index in [1.807, 2.05) is 0 Å². The van der Waals surface area contributed by atoms with E-state index in [0.717, 1.165) is 17.8 Å². The molecule has 0 spiro atoms. The number of carbonyl (C=O) groups is 1. The van der Waals surface area contributed by atoms with Crippen molar-refractivity contribution < 1.29 is 24.1 Å². The predicted octanol–water partition coefficient (Wildman–Crippen LogP) is 2.25. The third kappa shape index (κ3) is 3.30. The zero-order valence-electron chi connectivity index (χ0n) is 10.4. The second-order valence-corrected chi connectivity index (χ2v) is 4.03. The molecule has 6 heteroatoms. The molecular weight excluding hydrogens is 265 g/mol.